The van der Waals surface area contributed by atoms with E-state index < -0.39 is 6.10 Å². The summed E-state index contributed by atoms with van der Waals surface area (Å²) in [6.45, 7) is 7.02. The molecule has 1 atom stereocenters. The number of halogens is 1. The van der Waals surface area contributed by atoms with E-state index in [0.717, 1.165) is 49.5 Å². The van der Waals surface area contributed by atoms with E-state index in [9.17, 15) is 5.11 Å². The van der Waals surface area contributed by atoms with Crippen molar-refractivity contribution in [2.45, 2.75) is 45.3 Å². The molecular weight excluding hydrogens is 324 g/mol. The average Bonchev–Trinajstić information content (AvgIpc) is 3.04. The molecule has 1 aliphatic heterocycles. The van der Waals surface area contributed by atoms with Crippen LogP contribution in [-0.4, -0.2) is 28.1 Å². The number of rotatable bonds is 5. The Balaban J connectivity index is 1.55. The molecule has 130 valence electrons. The monoisotopic (exact) mass is 348 g/mol. The largest absolute Gasteiger partial charge is 0.448 e. The van der Waals surface area contributed by atoms with Crippen LogP contribution in [-0.2, 0) is 6.54 Å². The fourth-order valence-electron chi connectivity index (χ4n) is 3.44. The molecule has 0 radical (unpaired) electrons. The van der Waals surface area contributed by atoms with Crippen LogP contribution in [0.5, 0.6) is 0 Å². The number of aliphatic hydroxyl groups is 1. The van der Waals surface area contributed by atoms with E-state index in [1.165, 1.54) is 0 Å². The molecule has 1 aromatic heterocycles. The molecule has 0 amide bonds. The Bertz CT molecular complexity index is 646. The Labute approximate surface area is 148 Å². The summed E-state index contributed by atoms with van der Waals surface area (Å²) in [4.78, 5) is 6.77. The topological polar surface area (TPSA) is 49.5 Å². The van der Waals surface area contributed by atoms with Gasteiger partial charge >= 0.3 is 0 Å². The van der Waals surface area contributed by atoms with Crippen LogP contribution in [0, 0.1) is 5.92 Å². The smallest absolute Gasteiger partial charge is 0.181 e. The summed E-state index contributed by atoms with van der Waals surface area (Å²) in [5, 5.41) is 11.3. The molecule has 1 saturated heterocycles. The number of likely N-dealkylation sites (tertiary alicyclic amines) is 1. The molecule has 0 bridgehead atoms. The molecule has 5 heteroatoms. The summed E-state index contributed by atoms with van der Waals surface area (Å²) in [6.07, 6.45) is 3.10. The van der Waals surface area contributed by atoms with Gasteiger partial charge in [0.2, 0.25) is 0 Å². The highest BCUT2D eigenvalue weighted by atomic mass is 35.5. The fraction of sp³-hybridized carbons (Fsp3) is 0.526. The van der Waals surface area contributed by atoms with E-state index in [4.69, 9.17) is 16.0 Å². The van der Waals surface area contributed by atoms with Crippen molar-refractivity contribution in [2.75, 3.05) is 13.1 Å². The minimum Gasteiger partial charge on any atom is -0.448 e. The summed E-state index contributed by atoms with van der Waals surface area (Å²) in [5.41, 5.74) is 2.00. The van der Waals surface area contributed by atoms with Crippen molar-refractivity contribution in [1.82, 2.24) is 9.88 Å². The van der Waals surface area contributed by atoms with Crippen LogP contribution < -0.4 is 0 Å². The molecule has 1 fully saturated rings. The Morgan fingerprint density at radius 3 is 2.54 bits per heavy atom. The van der Waals surface area contributed by atoms with E-state index >= 15 is 0 Å². The van der Waals surface area contributed by atoms with Gasteiger partial charge in [0.15, 0.2) is 6.39 Å². The highest BCUT2D eigenvalue weighted by Crippen LogP contribution is 2.32. The van der Waals surface area contributed by atoms with Crippen molar-refractivity contribution in [3.05, 3.63) is 52.7 Å². The number of piperidine rings is 1. The minimum atomic E-state index is -0.414. The highest BCUT2D eigenvalue weighted by molar-refractivity contribution is 6.30. The molecule has 1 aromatic carbocycles. The standard InChI is InChI=1S/C19H25ClN2O2/c1-13(2)19-17(21-12-24-19)11-22-9-7-15(8-10-22)18(23)14-3-5-16(20)6-4-14/h3-6,12-13,15,18,23H,7-11H2,1-2H3. The van der Waals surface area contributed by atoms with Gasteiger partial charge in [-0.05, 0) is 49.5 Å². The number of hydrogen-bond acceptors (Lipinski definition) is 4. The third-order valence-electron chi connectivity index (χ3n) is 4.86. The van der Waals surface area contributed by atoms with Gasteiger partial charge in [0.25, 0.3) is 0 Å². The normalized spacial score (nSPS) is 18.2. The Kier molecular flexibility index (Phi) is 5.59. The summed E-state index contributed by atoms with van der Waals surface area (Å²) >= 11 is 5.92. The van der Waals surface area contributed by atoms with Crippen LogP contribution in [0.4, 0.5) is 0 Å². The third-order valence-corrected chi connectivity index (χ3v) is 5.11. The Morgan fingerprint density at radius 2 is 1.92 bits per heavy atom. The quantitative estimate of drug-likeness (QED) is 0.870. The van der Waals surface area contributed by atoms with Crippen molar-refractivity contribution in [1.29, 1.82) is 0 Å². The second kappa shape index (κ2) is 7.68. The number of hydrogen-bond donors (Lipinski definition) is 1. The van der Waals surface area contributed by atoms with Crippen LogP contribution in [0.3, 0.4) is 0 Å². The van der Waals surface area contributed by atoms with Gasteiger partial charge in [-0.15, -0.1) is 0 Å². The zero-order valence-corrected chi connectivity index (χ0v) is 15.0. The zero-order valence-electron chi connectivity index (χ0n) is 14.3. The van der Waals surface area contributed by atoms with Gasteiger partial charge in [0.1, 0.15) is 5.76 Å². The lowest BCUT2D eigenvalue weighted by molar-refractivity contribution is 0.0563. The first-order chi connectivity index (χ1) is 11.5. The number of benzene rings is 1. The Hall–Kier alpha value is -1.36. The second-order valence-electron chi connectivity index (χ2n) is 6.93. The molecule has 0 spiro atoms. The van der Waals surface area contributed by atoms with Crippen molar-refractivity contribution in [2.24, 2.45) is 5.92 Å². The maximum absolute atomic E-state index is 10.6. The molecule has 2 aromatic rings. The first-order valence-electron chi connectivity index (χ1n) is 8.62. The van der Waals surface area contributed by atoms with E-state index in [1.54, 1.807) is 6.39 Å². The summed E-state index contributed by atoms with van der Waals surface area (Å²) in [7, 11) is 0. The van der Waals surface area contributed by atoms with Crippen molar-refractivity contribution in [3.63, 3.8) is 0 Å². The van der Waals surface area contributed by atoms with Crippen LogP contribution in [0.25, 0.3) is 0 Å². The third kappa shape index (κ3) is 4.00. The Morgan fingerprint density at radius 1 is 1.25 bits per heavy atom. The van der Waals surface area contributed by atoms with Gasteiger partial charge in [-0.3, -0.25) is 4.90 Å². The number of aliphatic hydroxyl groups excluding tert-OH is 1. The molecule has 4 nitrogen and oxygen atoms in total. The molecule has 1 unspecified atom stereocenters. The average molecular weight is 349 g/mol. The van der Waals surface area contributed by atoms with Gasteiger partial charge in [-0.2, -0.15) is 0 Å². The van der Waals surface area contributed by atoms with Gasteiger partial charge in [-0.25, -0.2) is 4.98 Å². The van der Waals surface area contributed by atoms with E-state index in [1.807, 2.05) is 24.3 Å². The maximum atomic E-state index is 10.6. The molecular formula is C19H25ClN2O2. The van der Waals surface area contributed by atoms with E-state index in [-0.39, 0.29) is 0 Å². The molecule has 0 aliphatic carbocycles. The lowest BCUT2D eigenvalue weighted by Gasteiger charge is -2.34. The van der Waals surface area contributed by atoms with Crippen LogP contribution >= 0.6 is 11.6 Å². The van der Waals surface area contributed by atoms with Crippen LogP contribution in [0.15, 0.2) is 35.1 Å². The first kappa shape index (κ1) is 17.5. The lowest BCUT2D eigenvalue weighted by atomic mass is 9.87. The second-order valence-corrected chi connectivity index (χ2v) is 7.36. The summed E-state index contributed by atoms with van der Waals surface area (Å²) in [5.74, 6) is 1.63. The first-order valence-corrected chi connectivity index (χ1v) is 9.00. The molecule has 3 rings (SSSR count). The zero-order chi connectivity index (χ0) is 17.1. The van der Waals surface area contributed by atoms with Gasteiger partial charge < -0.3 is 9.52 Å². The van der Waals surface area contributed by atoms with Crippen molar-refractivity contribution >= 4 is 11.6 Å². The minimum absolute atomic E-state index is 0.296. The molecule has 24 heavy (non-hydrogen) atoms. The van der Waals surface area contributed by atoms with Crippen LogP contribution in [0.1, 0.15) is 55.7 Å². The fourth-order valence-corrected chi connectivity index (χ4v) is 3.56. The molecule has 1 N–H and O–H groups in total. The van der Waals surface area contributed by atoms with E-state index in [0.29, 0.717) is 16.9 Å². The predicted octanol–water partition coefficient (Wildman–Crippen LogP) is 4.40. The molecule has 2 heterocycles. The number of nitrogens with zero attached hydrogens (tertiary/aromatic N) is 2. The number of aromatic nitrogens is 1. The summed E-state index contributed by atoms with van der Waals surface area (Å²) < 4.78 is 5.51. The van der Waals surface area contributed by atoms with Crippen molar-refractivity contribution in [3.8, 4) is 0 Å². The lowest BCUT2D eigenvalue weighted by Crippen LogP contribution is -2.35. The SMILES string of the molecule is CC(C)c1ocnc1CN1CCC(C(O)c2ccc(Cl)cc2)CC1. The van der Waals surface area contributed by atoms with Crippen molar-refractivity contribution < 1.29 is 9.52 Å². The van der Waals surface area contributed by atoms with E-state index in [2.05, 4.69) is 23.7 Å². The van der Waals surface area contributed by atoms with Gasteiger partial charge in [-0.1, -0.05) is 37.6 Å². The highest BCUT2D eigenvalue weighted by Gasteiger charge is 2.27. The summed E-state index contributed by atoms with van der Waals surface area (Å²) in [6, 6.07) is 7.52. The number of oxazole rings is 1. The molecule has 1 aliphatic rings. The molecule has 0 saturated carbocycles. The van der Waals surface area contributed by atoms with Gasteiger partial charge in [0, 0.05) is 17.5 Å². The predicted molar refractivity (Wildman–Crippen MR) is 95.0 cm³/mol. The maximum Gasteiger partial charge on any atom is 0.181 e. The van der Waals surface area contributed by atoms with Gasteiger partial charge in [0.05, 0.1) is 11.8 Å². The van der Waals surface area contributed by atoms with Crippen LogP contribution in [0.2, 0.25) is 5.02 Å².